The molecule has 1 aliphatic rings. The molecule has 2 rings (SSSR count). The third-order valence-electron chi connectivity index (χ3n) is 3.77. The van der Waals surface area contributed by atoms with Crippen molar-refractivity contribution < 1.29 is 14.2 Å². The van der Waals surface area contributed by atoms with Crippen molar-refractivity contribution >= 4 is 0 Å². The third kappa shape index (κ3) is 3.18. The van der Waals surface area contributed by atoms with E-state index < -0.39 is 0 Å². The van der Waals surface area contributed by atoms with Crippen LogP contribution in [0.1, 0.15) is 37.8 Å². The van der Waals surface area contributed by atoms with Gasteiger partial charge in [0, 0.05) is 18.2 Å². The summed E-state index contributed by atoms with van der Waals surface area (Å²) in [5.41, 5.74) is 1.12. The van der Waals surface area contributed by atoms with Gasteiger partial charge in [-0.2, -0.15) is 0 Å². The number of nitrogens with one attached hydrogen (secondary N) is 1. The van der Waals surface area contributed by atoms with Crippen LogP contribution in [0.25, 0.3) is 0 Å². The van der Waals surface area contributed by atoms with Gasteiger partial charge in [-0.3, -0.25) is 0 Å². The first kappa shape index (κ1) is 15.0. The van der Waals surface area contributed by atoms with E-state index in [1.165, 1.54) is 12.8 Å². The molecule has 0 spiro atoms. The van der Waals surface area contributed by atoms with Crippen LogP contribution in [0.15, 0.2) is 12.1 Å². The summed E-state index contributed by atoms with van der Waals surface area (Å²) >= 11 is 0. The van der Waals surface area contributed by atoms with Gasteiger partial charge in [0.1, 0.15) is 17.2 Å². The topological polar surface area (TPSA) is 39.7 Å². The Bertz CT molecular complexity index is 418. The fourth-order valence-electron chi connectivity index (χ4n) is 2.57. The van der Waals surface area contributed by atoms with E-state index in [1.54, 1.807) is 21.3 Å². The Morgan fingerprint density at radius 2 is 1.70 bits per heavy atom. The highest BCUT2D eigenvalue weighted by Crippen LogP contribution is 2.48. The molecule has 1 fully saturated rings. The first-order valence-electron chi connectivity index (χ1n) is 7.28. The molecule has 4 heteroatoms. The molecule has 1 unspecified atom stereocenters. The first-order chi connectivity index (χ1) is 9.74. The monoisotopic (exact) mass is 279 g/mol. The summed E-state index contributed by atoms with van der Waals surface area (Å²) < 4.78 is 16.4. The van der Waals surface area contributed by atoms with Crippen LogP contribution in [0.3, 0.4) is 0 Å². The highest BCUT2D eigenvalue weighted by Gasteiger charge is 2.35. The summed E-state index contributed by atoms with van der Waals surface area (Å²) in [5.74, 6) is 3.11. The Hall–Kier alpha value is -1.42. The lowest BCUT2D eigenvalue weighted by Crippen LogP contribution is -2.25. The number of benzene rings is 1. The van der Waals surface area contributed by atoms with E-state index in [4.69, 9.17) is 14.2 Å². The quantitative estimate of drug-likeness (QED) is 0.793. The normalized spacial score (nSPS) is 15.8. The average molecular weight is 279 g/mol. The molecule has 1 atom stereocenters. The largest absolute Gasteiger partial charge is 0.496 e. The summed E-state index contributed by atoms with van der Waals surface area (Å²) in [6.45, 7) is 3.18. The minimum absolute atomic E-state index is 0.297. The van der Waals surface area contributed by atoms with Crippen molar-refractivity contribution in [3.8, 4) is 17.2 Å². The Labute approximate surface area is 121 Å². The number of hydrogen-bond acceptors (Lipinski definition) is 4. The second-order valence-corrected chi connectivity index (χ2v) is 5.21. The second-order valence-electron chi connectivity index (χ2n) is 5.21. The number of rotatable bonds is 8. The van der Waals surface area contributed by atoms with Crippen LogP contribution >= 0.6 is 0 Å². The Kier molecular flexibility index (Phi) is 5.12. The summed E-state index contributed by atoms with van der Waals surface area (Å²) in [6.07, 6.45) is 3.64. The molecule has 20 heavy (non-hydrogen) atoms. The molecule has 1 aromatic rings. The van der Waals surface area contributed by atoms with E-state index in [-0.39, 0.29) is 0 Å². The fourth-order valence-corrected chi connectivity index (χ4v) is 2.57. The van der Waals surface area contributed by atoms with E-state index in [9.17, 15) is 0 Å². The number of hydrogen-bond donors (Lipinski definition) is 1. The van der Waals surface area contributed by atoms with E-state index in [0.717, 1.165) is 35.8 Å². The van der Waals surface area contributed by atoms with Crippen molar-refractivity contribution in [3.63, 3.8) is 0 Å². The maximum atomic E-state index is 5.57. The van der Waals surface area contributed by atoms with Gasteiger partial charge in [-0.05, 0) is 31.7 Å². The van der Waals surface area contributed by atoms with E-state index in [1.807, 2.05) is 12.1 Å². The van der Waals surface area contributed by atoms with Crippen LogP contribution in [-0.2, 0) is 0 Å². The van der Waals surface area contributed by atoms with Crippen LogP contribution < -0.4 is 19.5 Å². The second kappa shape index (κ2) is 6.84. The molecule has 0 bridgehead atoms. The minimum atomic E-state index is 0.297. The molecule has 0 amide bonds. The molecule has 0 aliphatic heterocycles. The van der Waals surface area contributed by atoms with Gasteiger partial charge >= 0.3 is 0 Å². The molecule has 0 heterocycles. The van der Waals surface area contributed by atoms with E-state index in [2.05, 4.69) is 12.2 Å². The molecule has 1 N–H and O–H groups in total. The fraction of sp³-hybridized carbons (Fsp3) is 0.625. The lowest BCUT2D eigenvalue weighted by Gasteiger charge is -2.24. The third-order valence-corrected chi connectivity index (χ3v) is 3.77. The van der Waals surface area contributed by atoms with Crippen molar-refractivity contribution in [2.75, 3.05) is 27.9 Å². The van der Waals surface area contributed by atoms with Crippen LogP contribution in [0.2, 0.25) is 0 Å². The van der Waals surface area contributed by atoms with Crippen molar-refractivity contribution in [2.45, 2.75) is 32.2 Å². The first-order valence-corrected chi connectivity index (χ1v) is 7.28. The average Bonchev–Trinajstić information content (AvgIpc) is 3.31. The maximum absolute atomic E-state index is 5.57. The van der Waals surface area contributed by atoms with Gasteiger partial charge in [-0.1, -0.05) is 6.92 Å². The zero-order valence-corrected chi connectivity index (χ0v) is 12.9. The Morgan fingerprint density at radius 1 is 1.10 bits per heavy atom. The summed E-state index contributed by atoms with van der Waals surface area (Å²) in [5, 5.41) is 3.63. The highest BCUT2D eigenvalue weighted by atomic mass is 16.5. The van der Waals surface area contributed by atoms with Crippen LogP contribution in [-0.4, -0.2) is 27.9 Å². The Morgan fingerprint density at radius 3 is 2.10 bits per heavy atom. The van der Waals surface area contributed by atoms with Gasteiger partial charge in [0.15, 0.2) is 0 Å². The van der Waals surface area contributed by atoms with Crippen molar-refractivity contribution in [2.24, 2.45) is 5.92 Å². The lowest BCUT2D eigenvalue weighted by atomic mass is 9.99. The van der Waals surface area contributed by atoms with E-state index in [0.29, 0.717) is 12.0 Å². The predicted octanol–water partition coefficient (Wildman–Crippen LogP) is 3.16. The van der Waals surface area contributed by atoms with Gasteiger partial charge in [-0.25, -0.2) is 0 Å². The smallest absolute Gasteiger partial charge is 0.131 e. The standard InChI is InChI=1S/C16H25NO3/c1-5-8-17-16(11-6-7-11)15-13(19-3)9-12(18-2)10-14(15)20-4/h9-11,16-17H,5-8H2,1-4H3. The highest BCUT2D eigenvalue weighted by molar-refractivity contribution is 5.52. The van der Waals surface area contributed by atoms with Gasteiger partial charge in [0.05, 0.1) is 26.9 Å². The van der Waals surface area contributed by atoms with Gasteiger partial charge < -0.3 is 19.5 Å². The SMILES string of the molecule is CCCNC(c1c(OC)cc(OC)cc1OC)C1CC1. The molecule has 1 aliphatic carbocycles. The van der Waals surface area contributed by atoms with Crippen molar-refractivity contribution in [1.82, 2.24) is 5.32 Å². The van der Waals surface area contributed by atoms with Crippen molar-refractivity contribution in [1.29, 1.82) is 0 Å². The lowest BCUT2D eigenvalue weighted by molar-refractivity contribution is 0.351. The molecule has 1 aromatic carbocycles. The molecule has 0 saturated heterocycles. The molecule has 0 radical (unpaired) electrons. The zero-order valence-electron chi connectivity index (χ0n) is 12.9. The summed E-state index contributed by atoms with van der Waals surface area (Å²) in [7, 11) is 5.05. The van der Waals surface area contributed by atoms with Gasteiger partial charge in [0.2, 0.25) is 0 Å². The minimum Gasteiger partial charge on any atom is -0.496 e. The molecular formula is C16H25NO3. The molecule has 0 aromatic heterocycles. The predicted molar refractivity (Wildman–Crippen MR) is 79.9 cm³/mol. The zero-order chi connectivity index (χ0) is 14.5. The maximum Gasteiger partial charge on any atom is 0.131 e. The van der Waals surface area contributed by atoms with Crippen LogP contribution in [0.5, 0.6) is 17.2 Å². The molecule has 1 saturated carbocycles. The van der Waals surface area contributed by atoms with Crippen molar-refractivity contribution in [3.05, 3.63) is 17.7 Å². The Balaban J connectivity index is 2.39. The summed E-state index contributed by atoms with van der Waals surface area (Å²) in [6, 6.07) is 4.16. The summed E-state index contributed by atoms with van der Waals surface area (Å²) in [4.78, 5) is 0. The molecule has 112 valence electrons. The molecule has 4 nitrogen and oxygen atoms in total. The molecular weight excluding hydrogens is 254 g/mol. The van der Waals surface area contributed by atoms with E-state index >= 15 is 0 Å². The van der Waals surface area contributed by atoms with Crippen LogP contribution in [0, 0.1) is 5.92 Å². The van der Waals surface area contributed by atoms with Crippen LogP contribution in [0.4, 0.5) is 0 Å². The van der Waals surface area contributed by atoms with Gasteiger partial charge in [-0.15, -0.1) is 0 Å². The number of methoxy groups -OCH3 is 3. The number of ether oxygens (including phenoxy) is 3. The van der Waals surface area contributed by atoms with Gasteiger partial charge in [0.25, 0.3) is 0 Å².